The van der Waals surface area contributed by atoms with Gasteiger partial charge in [-0.15, -0.1) is 0 Å². The van der Waals surface area contributed by atoms with Crippen molar-refractivity contribution in [2.75, 3.05) is 19.7 Å². The van der Waals surface area contributed by atoms with Crippen LogP contribution in [0, 0.1) is 5.92 Å². The highest BCUT2D eigenvalue weighted by Gasteiger charge is 2.45. The highest BCUT2D eigenvalue weighted by atomic mass is 19.3. The summed E-state index contributed by atoms with van der Waals surface area (Å²) in [5, 5.41) is 18.9. The molecular formula is C15H17F4NO4. The molecule has 0 spiro atoms. The molecule has 1 aliphatic heterocycles. The Morgan fingerprint density at radius 3 is 2.67 bits per heavy atom. The number of likely N-dealkylation sites (tertiary alicyclic amines) is 1. The first-order chi connectivity index (χ1) is 11.3. The minimum absolute atomic E-state index is 0.0239. The van der Waals surface area contributed by atoms with Crippen molar-refractivity contribution < 1.29 is 37.3 Å². The number of alkyl halides is 4. The molecule has 0 unspecified atom stereocenters. The molecular weight excluding hydrogens is 334 g/mol. The van der Waals surface area contributed by atoms with Crippen molar-refractivity contribution in [1.82, 2.24) is 4.90 Å². The predicted molar refractivity (Wildman–Crippen MR) is 75.1 cm³/mol. The van der Waals surface area contributed by atoms with E-state index in [2.05, 4.69) is 4.74 Å². The van der Waals surface area contributed by atoms with Crippen molar-refractivity contribution >= 4 is 5.91 Å². The van der Waals surface area contributed by atoms with Gasteiger partial charge in [0.2, 0.25) is 0 Å². The lowest BCUT2D eigenvalue weighted by Crippen LogP contribution is -2.47. The average Bonchev–Trinajstić information content (AvgIpc) is 2.54. The Bertz CT molecular complexity index is 584. The average molecular weight is 351 g/mol. The molecule has 0 aliphatic carbocycles. The lowest BCUT2D eigenvalue weighted by molar-refractivity contribution is -0.253. The van der Waals surface area contributed by atoms with Crippen molar-refractivity contribution in [3.8, 4) is 5.75 Å². The van der Waals surface area contributed by atoms with E-state index in [1.807, 2.05) is 0 Å². The van der Waals surface area contributed by atoms with Crippen LogP contribution >= 0.6 is 0 Å². The van der Waals surface area contributed by atoms with Gasteiger partial charge in [-0.1, -0.05) is 12.1 Å². The molecule has 1 aromatic carbocycles. The Morgan fingerprint density at radius 1 is 1.38 bits per heavy atom. The molecule has 0 saturated carbocycles. The predicted octanol–water partition coefficient (Wildman–Crippen LogP) is 1.74. The van der Waals surface area contributed by atoms with E-state index in [1.54, 1.807) is 0 Å². The molecule has 2 N–H and O–H groups in total. The summed E-state index contributed by atoms with van der Waals surface area (Å²) in [5.41, 5.74) is -0.286. The topological polar surface area (TPSA) is 70.0 Å². The third kappa shape index (κ3) is 3.96. The van der Waals surface area contributed by atoms with Crippen LogP contribution in [0.3, 0.4) is 0 Å². The van der Waals surface area contributed by atoms with Crippen LogP contribution in [0.2, 0.25) is 0 Å². The van der Waals surface area contributed by atoms with Gasteiger partial charge >= 0.3 is 12.5 Å². The molecule has 134 valence electrons. The molecule has 24 heavy (non-hydrogen) atoms. The van der Waals surface area contributed by atoms with Crippen LogP contribution in [0.15, 0.2) is 24.3 Å². The van der Waals surface area contributed by atoms with Crippen LogP contribution in [0.5, 0.6) is 5.75 Å². The van der Waals surface area contributed by atoms with Crippen LogP contribution in [-0.4, -0.2) is 59.4 Å². The number of halogens is 4. The zero-order valence-corrected chi connectivity index (χ0v) is 12.5. The molecule has 0 bridgehead atoms. The van der Waals surface area contributed by atoms with Gasteiger partial charge in [0.25, 0.3) is 5.91 Å². The number of benzene rings is 1. The summed E-state index contributed by atoms with van der Waals surface area (Å²) < 4.78 is 54.9. The molecule has 9 heteroatoms. The first-order valence-corrected chi connectivity index (χ1v) is 7.28. The van der Waals surface area contributed by atoms with Crippen LogP contribution in [0.1, 0.15) is 16.8 Å². The summed E-state index contributed by atoms with van der Waals surface area (Å²) in [6, 6.07) is 4.87. The number of carbonyl (C=O) groups excluding carboxylic acids is 1. The molecule has 1 heterocycles. The van der Waals surface area contributed by atoms with Gasteiger partial charge in [0.15, 0.2) is 0 Å². The number of rotatable bonds is 5. The maximum atomic E-state index is 13.1. The second-order valence-electron chi connectivity index (χ2n) is 5.51. The van der Waals surface area contributed by atoms with Crippen molar-refractivity contribution in [3.63, 3.8) is 0 Å². The van der Waals surface area contributed by atoms with Crippen molar-refractivity contribution in [1.29, 1.82) is 0 Å². The van der Waals surface area contributed by atoms with Gasteiger partial charge in [-0.25, -0.2) is 0 Å². The molecule has 1 fully saturated rings. The Kier molecular flexibility index (Phi) is 5.66. The van der Waals surface area contributed by atoms with Crippen LogP contribution in [0.25, 0.3) is 0 Å². The Morgan fingerprint density at radius 2 is 2.04 bits per heavy atom. The van der Waals surface area contributed by atoms with Gasteiger partial charge in [-0.3, -0.25) is 4.79 Å². The molecule has 2 rings (SSSR count). The van der Waals surface area contributed by atoms with Gasteiger partial charge in [-0.2, -0.15) is 17.6 Å². The van der Waals surface area contributed by atoms with Crippen LogP contribution < -0.4 is 4.74 Å². The maximum absolute atomic E-state index is 13.1. The van der Waals surface area contributed by atoms with E-state index in [9.17, 15) is 32.6 Å². The fraction of sp³-hybridized carbons (Fsp3) is 0.533. The summed E-state index contributed by atoms with van der Waals surface area (Å²) >= 11 is 0. The molecule has 1 aromatic rings. The molecule has 0 aromatic heterocycles. The number of ether oxygens (including phenoxy) is 1. The summed E-state index contributed by atoms with van der Waals surface area (Å²) in [5.74, 6) is -1.90. The van der Waals surface area contributed by atoms with Crippen LogP contribution in [-0.2, 0) is 0 Å². The van der Waals surface area contributed by atoms with Crippen molar-refractivity contribution in [2.45, 2.75) is 25.1 Å². The van der Waals surface area contributed by atoms with Gasteiger partial charge in [0.1, 0.15) is 5.75 Å². The lowest BCUT2D eigenvalue weighted by Gasteiger charge is -2.35. The number of amides is 1. The summed E-state index contributed by atoms with van der Waals surface area (Å²) in [4.78, 5) is 13.8. The van der Waals surface area contributed by atoms with E-state index in [1.165, 1.54) is 23.1 Å². The molecule has 2 atom stereocenters. The molecule has 0 radical (unpaired) electrons. The molecule has 5 nitrogen and oxygen atoms in total. The quantitative estimate of drug-likeness (QED) is 0.793. The van der Waals surface area contributed by atoms with Crippen molar-refractivity contribution in [2.24, 2.45) is 5.92 Å². The number of piperidine rings is 1. The van der Waals surface area contributed by atoms with E-state index >= 15 is 0 Å². The number of hydrogen-bond donors (Lipinski definition) is 2. The van der Waals surface area contributed by atoms with E-state index in [0.717, 1.165) is 6.07 Å². The number of nitrogens with zero attached hydrogens (tertiary/aromatic N) is 1. The molecule has 1 saturated heterocycles. The second kappa shape index (κ2) is 7.35. The Balaban J connectivity index is 2.21. The largest absolute Gasteiger partial charge is 0.461 e. The smallest absolute Gasteiger partial charge is 0.427 e. The van der Waals surface area contributed by atoms with Gasteiger partial charge in [0.05, 0.1) is 18.3 Å². The number of carbonyl (C=O) groups is 1. The molecule has 1 aliphatic rings. The van der Waals surface area contributed by atoms with Gasteiger partial charge < -0.3 is 19.8 Å². The van der Waals surface area contributed by atoms with Crippen LogP contribution in [0.4, 0.5) is 17.6 Å². The molecule has 1 amide bonds. The number of aliphatic hydroxyl groups is 2. The number of para-hydroxylation sites is 1. The first kappa shape index (κ1) is 18.5. The Labute approximate surface area is 135 Å². The van der Waals surface area contributed by atoms with Crippen molar-refractivity contribution in [3.05, 3.63) is 29.8 Å². The van der Waals surface area contributed by atoms with E-state index < -0.39 is 36.2 Å². The zero-order valence-electron chi connectivity index (χ0n) is 12.5. The second-order valence-corrected chi connectivity index (χ2v) is 5.51. The highest BCUT2D eigenvalue weighted by molar-refractivity contribution is 5.97. The van der Waals surface area contributed by atoms with Gasteiger partial charge in [-0.05, 0) is 18.6 Å². The third-order valence-electron chi connectivity index (χ3n) is 3.83. The SMILES string of the molecule is O=C(c1ccccc1OC(F)(F)C(F)F)N1CC[C@H](O)[C@H](CO)C1. The van der Waals surface area contributed by atoms with E-state index in [4.69, 9.17) is 0 Å². The number of hydrogen-bond acceptors (Lipinski definition) is 4. The summed E-state index contributed by atoms with van der Waals surface area (Å²) in [6.45, 7) is -0.168. The third-order valence-corrected chi connectivity index (χ3v) is 3.83. The minimum atomic E-state index is -4.72. The summed E-state index contributed by atoms with van der Waals surface area (Å²) in [6.07, 6.45) is -9.31. The minimum Gasteiger partial charge on any atom is -0.427 e. The standard InChI is InChI=1S/C15H17F4NO4/c16-14(17)15(18,19)24-12-4-2-1-3-10(12)13(23)20-6-5-11(22)9(7-20)8-21/h1-4,9,11,14,21-22H,5-8H2/t9-,11-/m0/s1. The number of aliphatic hydroxyl groups excluding tert-OH is 2. The normalized spacial score (nSPS) is 21.9. The fourth-order valence-corrected chi connectivity index (χ4v) is 2.48. The fourth-order valence-electron chi connectivity index (χ4n) is 2.48. The zero-order chi connectivity index (χ0) is 17.9. The summed E-state index contributed by atoms with van der Waals surface area (Å²) in [7, 11) is 0. The van der Waals surface area contributed by atoms with E-state index in [-0.39, 0.29) is 31.7 Å². The highest BCUT2D eigenvalue weighted by Crippen LogP contribution is 2.31. The maximum Gasteiger partial charge on any atom is 0.461 e. The lowest BCUT2D eigenvalue weighted by atomic mass is 9.95. The van der Waals surface area contributed by atoms with E-state index in [0.29, 0.717) is 0 Å². The first-order valence-electron chi connectivity index (χ1n) is 7.28. The van der Waals surface area contributed by atoms with Gasteiger partial charge in [0, 0.05) is 19.0 Å². The monoisotopic (exact) mass is 351 g/mol. The Hall–Kier alpha value is -1.87.